The van der Waals surface area contributed by atoms with Crippen molar-refractivity contribution in [2.45, 2.75) is 13.8 Å². The molecule has 0 atom stereocenters. The molecule has 2 amide bonds. The van der Waals surface area contributed by atoms with Gasteiger partial charge in [0.05, 0.1) is 23.9 Å². The van der Waals surface area contributed by atoms with Crippen molar-refractivity contribution in [3.63, 3.8) is 0 Å². The van der Waals surface area contributed by atoms with E-state index in [2.05, 4.69) is 5.32 Å². The van der Waals surface area contributed by atoms with E-state index >= 15 is 0 Å². The maximum atomic E-state index is 12.0. The van der Waals surface area contributed by atoms with Crippen molar-refractivity contribution < 1.29 is 14.7 Å². The van der Waals surface area contributed by atoms with Crippen molar-refractivity contribution in [2.75, 3.05) is 18.5 Å². The van der Waals surface area contributed by atoms with Crippen LogP contribution in [0.25, 0.3) is 0 Å². The SMILES string of the molecule is Cc1cc(Cl)c(NC2=CC(=O)N(CCO)C2=O)cc1C. The summed E-state index contributed by atoms with van der Waals surface area (Å²) in [6, 6.07) is 3.62. The van der Waals surface area contributed by atoms with Crippen LogP contribution >= 0.6 is 11.6 Å². The van der Waals surface area contributed by atoms with E-state index in [4.69, 9.17) is 16.7 Å². The smallest absolute Gasteiger partial charge is 0.277 e. The fourth-order valence-electron chi connectivity index (χ4n) is 1.93. The molecule has 0 aromatic heterocycles. The van der Waals surface area contributed by atoms with E-state index in [1.807, 2.05) is 19.9 Å². The number of β-amino-alcohol motifs (C(OH)–C–C–N with tert-alkyl or cyclic N) is 1. The molecule has 0 bridgehead atoms. The van der Waals surface area contributed by atoms with E-state index in [0.717, 1.165) is 16.0 Å². The lowest BCUT2D eigenvalue weighted by molar-refractivity contribution is -0.137. The predicted molar refractivity (Wildman–Crippen MR) is 76.4 cm³/mol. The van der Waals surface area contributed by atoms with E-state index in [9.17, 15) is 9.59 Å². The minimum Gasteiger partial charge on any atom is -0.395 e. The second kappa shape index (κ2) is 5.64. The summed E-state index contributed by atoms with van der Waals surface area (Å²) in [4.78, 5) is 24.6. The first kappa shape index (κ1) is 14.6. The number of halogens is 1. The lowest BCUT2D eigenvalue weighted by Crippen LogP contribution is -2.34. The molecule has 20 heavy (non-hydrogen) atoms. The van der Waals surface area contributed by atoms with Crippen molar-refractivity contribution in [3.05, 3.63) is 40.1 Å². The molecule has 0 spiro atoms. The standard InChI is InChI=1S/C14H15ClN2O3/c1-8-5-10(15)11(6-9(8)2)16-12-7-13(19)17(3-4-18)14(12)20/h5-7,16,18H,3-4H2,1-2H3. The van der Waals surface area contributed by atoms with E-state index < -0.39 is 11.8 Å². The molecule has 1 aliphatic heterocycles. The summed E-state index contributed by atoms with van der Waals surface area (Å²) >= 11 is 6.12. The number of carbonyl (C=O) groups excluding carboxylic acids is 2. The van der Waals surface area contributed by atoms with Gasteiger partial charge in [-0.15, -0.1) is 0 Å². The number of benzene rings is 1. The molecule has 0 unspecified atom stereocenters. The molecule has 0 saturated heterocycles. The molecule has 5 nitrogen and oxygen atoms in total. The van der Waals surface area contributed by atoms with Crippen LogP contribution in [0.5, 0.6) is 0 Å². The molecule has 106 valence electrons. The number of carbonyl (C=O) groups is 2. The van der Waals surface area contributed by atoms with Crippen LogP contribution in [0.3, 0.4) is 0 Å². The number of rotatable bonds is 4. The summed E-state index contributed by atoms with van der Waals surface area (Å²) in [5, 5.41) is 12.2. The van der Waals surface area contributed by atoms with Gasteiger partial charge in [-0.05, 0) is 37.1 Å². The van der Waals surface area contributed by atoms with Crippen molar-refractivity contribution >= 4 is 29.1 Å². The van der Waals surface area contributed by atoms with Crippen LogP contribution in [-0.2, 0) is 9.59 Å². The zero-order valence-electron chi connectivity index (χ0n) is 11.2. The maximum Gasteiger partial charge on any atom is 0.277 e. The zero-order valence-corrected chi connectivity index (χ0v) is 12.0. The summed E-state index contributed by atoms with van der Waals surface area (Å²) in [5.74, 6) is -0.898. The van der Waals surface area contributed by atoms with Gasteiger partial charge in [0.2, 0.25) is 0 Å². The fraction of sp³-hybridized carbons (Fsp3) is 0.286. The number of hydrogen-bond acceptors (Lipinski definition) is 4. The highest BCUT2D eigenvalue weighted by molar-refractivity contribution is 6.33. The average molecular weight is 295 g/mol. The Morgan fingerprint density at radius 1 is 1.25 bits per heavy atom. The minimum atomic E-state index is -0.460. The Morgan fingerprint density at radius 2 is 1.90 bits per heavy atom. The number of nitrogens with one attached hydrogen (secondary N) is 1. The Morgan fingerprint density at radius 3 is 2.55 bits per heavy atom. The molecule has 1 aliphatic rings. The first-order valence-corrected chi connectivity index (χ1v) is 6.54. The van der Waals surface area contributed by atoms with Crippen LogP contribution in [0.1, 0.15) is 11.1 Å². The topological polar surface area (TPSA) is 69.6 Å². The number of aliphatic hydroxyl groups is 1. The van der Waals surface area contributed by atoms with Crippen LogP contribution in [0.4, 0.5) is 5.69 Å². The molecule has 1 heterocycles. The largest absolute Gasteiger partial charge is 0.395 e. The number of aliphatic hydroxyl groups excluding tert-OH is 1. The highest BCUT2D eigenvalue weighted by Gasteiger charge is 2.30. The third-order valence-electron chi connectivity index (χ3n) is 3.19. The third kappa shape index (κ3) is 2.69. The Balaban J connectivity index is 2.23. The van der Waals surface area contributed by atoms with Gasteiger partial charge in [0.25, 0.3) is 11.8 Å². The fourth-order valence-corrected chi connectivity index (χ4v) is 2.20. The van der Waals surface area contributed by atoms with Crippen molar-refractivity contribution in [2.24, 2.45) is 0 Å². The average Bonchev–Trinajstić information content (AvgIpc) is 2.64. The van der Waals surface area contributed by atoms with Gasteiger partial charge in [0.1, 0.15) is 5.70 Å². The first-order valence-electron chi connectivity index (χ1n) is 6.16. The number of aryl methyl sites for hydroxylation is 2. The van der Waals surface area contributed by atoms with Gasteiger partial charge in [0, 0.05) is 6.08 Å². The van der Waals surface area contributed by atoms with E-state index in [-0.39, 0.29) is 18.8 Å². The molecule has 1 aromatic carbocycles. The summed E-state index contributed by atoms with van der Waals surface area (Å²) in [6.45, 7) is 3.60. The van der Waals surface area contributed by atoms with Crippen LogP contribution in [0.15, 0.2) is 23.9 Å². The van der Waals surface area contributed by atoms with Gasteiger partial charge in [-0.1, -0.05) is 11.6 Å². The molecule has 6 heteroatoms. The van der Waals surface area contributed by atoms with Gasteiger partial charge in [0.15, 0.2) is 0 Å². The zero-order chi connectivity index (χ0) is 14.9. The number of anilines is 1. The first-order chi connectivity index (χ1) is 9.43. The lowest BCUT2D eigenvalue weighted by atomic mass is 10.1. The number of nitrogens with zero attached hydrogens (tertiary/aromatic N) is 1. The molecule has 0 fully saturated rings. The predicted octanol–water partition coefficient (Wildman–Crippen LogP) is 1.61. The van der Waals surface area contributed by atoms with Gasteiger partial charge in [-0.25, -0.2) is 0 Å². The molecule has 2 rings (SSSR count). The Bertz CT molecular complexity index is 611. The van der Waals surface area contributed by atoms with Crippen molar-refractivity contribution in [1.29, 1.82) is 0 Å². The molecular weight excluding hydrogens is 280 g/mol. The van der Waals surface area contributed by atoms with E-state index in [1.165, 1.54) is 6.08 Å². The van der Waals surface area contributed by atoms with E-state index in [1.54, 1.807) is 6.07 Å². The van der Waals surface area contributed by atoms with Crippen LogP contribution < -0.4 is 5.32 Å². The summed E-state index contributed by atoms with van der Waals surface area (Å²) in [6.07, 6.45) is 1.21. The quantitative estimate of drug-likeness (QED) is 0.828. The minimum absolute atomic E-state index is 0.0139. The number of imide groups is 1. The Labute approximate surface area is 121 Å². The highest BCUT2D eigenvalue weighted by Crippen LogP contribution is 2.28. The maximum absolute atomic E-state index is 12.0. The van der Waals surface area contributed by atoms with Crippen LogP contribution in [-0.4, -0.2) is 35.0 Å². The molecule has 0 aliphatic carbocycles. The van der Waals surface area contributed by atoms with Crippen LogP contribution in [0, 0.1) is 13.8 Å². The molecule has 1 aromatic rings. The Kier molecular flexibility index (Phi) is 4.11. The Hall–Kier alpha value is -1.85. The highest BCUT2D eigenvalue weighted by atomic mass is 35.5. The number of amides is 2. The molecule has 0 radical (unpaired) electrons. The van der Waals surface area contributed by atoms with Gasteiger partial charge < -0.3 is 10.4 Å². The lowest BCUT2D eigenvalue weighted by Gasteiger charge is -2.14. The van der Waals surface area contributed by atoms with Crippen LogP contribution in [0.2, 0.25) is 5.02 Å². The molecule has 2 N–H and O–H groups in total. The second-order valence-corrected chi connectivity index (χ2v) is 5.03. The van der Waals surface area contributed by atoms with E-state index in [0.29, 0.717) is 10.7 Å². The van der Waals surface area contributed by atoms with Gasteiger partial charge >= 0.3 is 0 Å². The summed E-state index contributed by atoms with van der Waals surface area (Å²) in [5.41, 5.74) is 2.81. The normalized spacial score (nSPS) is 14.8. The third-order valence-corrected chi connectivity index (χ3v) is 3.50. The monoisotopic (exact) mass is 294 g/mol. The molecular formula is C14H15ClN2O3. The summed E-state index contributed by atoms with van der Waals surface area (Å²) in [7, 11) is 0. The molecule has 0 saturated carbocycles. The van der Waals surface area contributed by atoms with Crippen molar-refractivity contribution in [1.82, 2.24) is 4.90 Å². The number of hydrogen-bond donors (Lipinski definition) is 2. The van der Waals surface area contributed by atoms with Crippen molar-refractivity contribution in [3.8, 4) is 0 Å². The summed E-state index contributed by atoms with van der Waals surface area (Å²) < 4.78 is 0. The second-order valence-electron chi connectivity index (χ2n) is 4.62. The van der Waals surface area contributed by atoms with Gasteiger partial charge in [-0.3, -0.25) is 14.5 Å². The van der Waals surface area contributed by atoms with Gasteiger partial charge in [-0.2, -0.15) is 0 Å².